The molecule has 0 atom stereocenters. The van der Waals surface area contributed by atoms with Crippen LogP contribution in [0.4, 0.5) is 0 Å². The highest BCUT2D eigenvalue weighted by Crippen LogP contribution is 2.37. The predicted octanol–water partition coefficient (Wildman–Crippen LogP) is 6.39. The topological polar surface area (TPSA) is 64.4 Å². The predicted molar refractivity (Wildman–Crippen MR) is 136 cm³/mol. The Morgan fingerprint density at radius 2 is 1.74 bits per heavy atom. The van der Waals surface area contributed by atoms with Crippen molar-refractivity contribution in [3.8, 4) is 22.4 Å². The van der Waals surface area contributed by atoms with Crippen molar-refractivity contribution in [3.63, 3.8) is 0 Å². The summed E-state index contributed by atoms with van der Waals surface area (Å²) in [7, 11) is 0. The molecule has 5 nitrogen and oxygen atoms in total. The van der Waals surface area contributed by atoms with Gasteiger partial charge in [-0.25, -0.2) is 4.79 Å². The summed E-state index contributed by atoms with van der Waals surface area (Å²) in [6.07, 6.45) is 6.52. The molecule has 0 aliphatic heterocycles. The number of aliphatic carboxylic acids is 1. The minimum Gasteiger partial charge on any atom is -0.480 e. The Bertz CT molecular complexity index is 1080. The first-order chi connectivity index (χ1) is 16.5. The molecule has 1 saturated carbocycles. The molecule has 1 N–H and O–H groups in total. The van der Waals surface area contributed by atoms with Crippen molar-refractivity contribution < 1.29 is 14.6 Å². The third-order valence-corrected chi connectivity index (χ3v) is 6.87. The van der Waals surface area contributed by atoms with Crippen molar-refractivity contribution in [1.82, 2.24) is 9.78 Å². The monoisotopic (exact) mass is 460 g/mol. The van der Waals surface area contributed by atoms with Crippen LogP contribution in [-0.2, 0) is 22.5 Å². The van der Waals surface area contributed by atoms with Gasteiger partial charge in [-0.2, -0.15) is 5.10 Å². The van der Waals surface area contributed by atoms with Gasteiger partial charge in [-0.3, -0.25) is 4.68 Å². The number of aryl methyl sites for hydroxylation is 1. The molecule has 1 heterocycles. The van der Waals surface area contributed by atoms with Crippen LogP contribution in [0.3, 0.4) is 0 Å². The first-order valence-electron chi connectivity index (χ1n) is 12.6. The molecular formula is C29H36N2O3. The maximum Gasteiger partial charge on any atom is 0.329 e. The Morgan fingerprint density at radius 1 is 1.03 bits per heavy atom. The van der Waals surface area contributed by atoms with E-state index in [0.717, 1.165) is 56.3 Å². The zero-order valence-corrected chi connectivity index (χ0v) is 20.4. The van der Waals surface area contributed by atoms with Crippen molar-refractivity contribution in [3.05, 3.63) is 65.9 Å². The number of rotatable bonds is 10. The lowest BCUT2D eigenvalue weighted by Crippen LogP contribution is -2.23. The van der Waals surface area contributed by atoms with Gasteiger partial charge in [-0.05, 0) is 56.4 Å². The fraction of sp³-hybridized carbons (Fsp3) is 0.448. The van der Waals surface area contributed by atoms with Crippen molar-refractivity contribution >= 4 is 5.97 Å². The minimum atomic E-state index is -0.894. The molecule has 0 radical (unpaired) electrons. The van der Waals surface area contributed by atoms with E-state index in [-0.39, 0.29) is 6.61 Å². The summed E-state index contributed by atoms with van der Waals surface area (Å²) < 4.78 is 7.64. The first kappa shape index (κ1) is 24.2. The van der Waals surface area contributed by atoms with Crippen LogP contribution in [0.5, 0.6) is 0 Å². The third kappa shape index (κ3) is 5.95. The summed E-state index contributed by atoms with van der Waals surface area (Å²) in [6, 6.07) is 19.3. The van der Waals surface area contributed by atoms with Crippen LogP contribution in [0.2, 0.25) is 0 Å². The van der Waals surface area contributed by atoms with Crippen LogP contribution < -0.4 is 0 Å². The molecule has 1 aliphatic rings. The SMILES string of the molecule is CCCc1c(-c2cccc(C)c2)c(-c2ccccc2)nn1C[C@H]1CC[C@H](COCC(=O)O)CC1. The Kier molecular flexibility index (Phi) is 8.17. The number of carbonyl (C=O) groups is 1. The number of hydrogen-bond acceptors (Lipinski definition) is 3. The van der Waals surface area contributed by atoms with Gasteiger partial charge in [-0.15, -0.1) is 0 Å². The molecule has 2 aromatic carbocycles. The molecule has 5 heteroatoms. The van der Waals surface area contributed by atoms with E-state index in [1.807, 2.05) is 0 Å². The van der Waals surface area contributed by atoms with Gasteiger partial charge in [0.25, 0.3) is 0 Å². The van der Waals surface area contributed by atoms with E-state index in [1.54, 1.807) is 0 Å². The summed E-state index contributed by atoms with van der Waals surface area (Å²) >= 11 is 0. The van der Waals surface area contributed by atoms with Gasteiger partial charge < -0.3 is 9.84 Å². The van der Waals surface area contributed by atoms with E-state index in [9.17, 15) is 4.79 Å². The number of nitrogens with zero attached hydrogens (tertiary/aromatic N) is 2. The van der Waals surface area contributed by atoms with E-state index in [4.69, 9.17) is 14.9 Å². The zero-order valence-electron chi connectivity index (χ0n) is 20.4. The molecule has 0 spiro atoms. The minimum absolute atomic E-state index is 0.197. The second kappa shape index (κ2) is 11.5. The smallest absolute Gasteiger partial charge is 0.329 e. The molecule has 0 saturated heterocycles. The number of carboxylic acid groups (broad SMARTS) is 1. The quantitative estimate of drug-likeness (QED) is 0.381. The highest BCUT2D eigenvalue weighted by Gasteiger charge is 2.25. The van der Waals surface area contributed by atoms with Gasteiger partial charge >= 0.3 is 5.97 Å². The first-order valence-corrected chi connectivity index (χ1v) is 12.6. The fourth-order valence-corrected chi connectivity index (χ4v) is 5.18. The van der Waals surface area contributed by atoms with Crippen molar-refractivity contribution in [1.29, 1.82) is 0 Å². The molecule has 34 heavy (non-hydrogen) atoms. The maximum atomic E-state index is 10.7. The second-order valence-electron chi connectivity index (χ2n) is 9.63. The molecule has 0 amide bonds. The number of ether oxygens (including phenoxy) is 1. The summed E-state index contributed by atoms with van der Waals surface area (Å²) in [5.41, 5.74) is 7.34. The average Bonchev–Trinajstić information content (AvgIpc) is 3.19. The Labute approximate surface area is 202 Å². The largest absolute Gasteiger partial charge is 0.480 e. The zero-order chi connectivity index (χ0) is 23.9. The van der Waals surface area contributed by atoms with E-state index >= 15 is 0 Å². The second-order valence-corrected chi connectivity index (χ2v) is 9.63. The average molecular weight is 461 g/mol. The molecule has 1 aromatic heterocycles. The van der Waals surface area contributed by atoms with E-state index in [2.05, 4.69) is 73.1 Å². The standard InChI is InChI=1S/C29H36N2O3/c1-3-8-26-28(25-12-7-9-21(2)17-25)29(24-10-5-4-6-11-24)30-31(26)18-22-13-15-23(16-14-22)19-34-20-27(32)33/h4-7,9-12,17,22-23H,3,8,13-16,18-20H2,1-2H3,(H,32,33)/t22-,23-. The van der Waals surface area contributed by atoms with Gasteiger partial charge in [0.2, 0.25) is 0 Å². The van der Waals surface area contributed by atoms with Gasteiger partial charge in [0.05, 0.1) is 6.61 Å². The summed E-state index contributed by atoms with van der Waals surface area (Å²) in [5, 5.41) is 14.0. The lowest BCUT2D eigenvalue weighted by atomic mass is 9.82. The van der Waals surface area contributed by atoms with Crippen molar-refractivity contribution in [2.75, 3.05) is 13.2 Å². The van der Waals surface area contributed by atoms with Gasteiger partial charge in [0.15, 0.2) is 0 Å². The normalized spacial score (nSPS) is 18.2. The maximum absolute atomic E-state index is 10.7. The molecule has 4 rings (SSSR count). The van der Waals surface area contributed by atoms with E-state index < -0.39 is 5.97 Å². The molecule has 3 aromatic rings. The molecule has 180 valence electrons. The van der Waals surface area contributed by atoms with Gasteiger partial charge in [0, 0.05) is 23.4 Å². The fourth-order valence-electron chi connectivity index (χ4n) is 5.18. The number of aromatic nitrogens is 2. The highest BCUT2D eigenvalue weighted by molar-refractivity contribution is 5.83. The number of carboxylic acids is 1. The van der Waals surface area contributed by atoms with Crippen LogP contribution in [0.15, 0.2) is 54.6 Å². The van der Waals surface area contributed by atoms with Gasteiger partial charge in [0.1, 0.15) is 12.3 Å². The number of hydrogen-bond donors (Lipinski definition) is 1. The van der Waals surface area contributed by atoms with Crippen LogP contribution in [0, 0.1) is 18.8 Å². The number of benzene rings is 2. The highest BCUT2D eigenvalue weighted by atomic mass is 16.5. The summed E-state index contributed by atoms with van der Waals surface area (Å²) in [4.78, 5) is 10.7. The molecular weight excluding hydrogens is 424 g/mol. The summed E-state index contributed by atoms with van der Waals surface area (Å²) in [5.74, 6) is 0.153. The van der Waals surface area contributed by atoms with Crippen LogP contribution >= 0.6 is 0 Å². The summed E-state index contributed by atoms with van der Waals surface area (Å²) in [6.45, 7) is 5.68. The lowest BCUT2D eigenvalue weighted by Gasteiger charge is -2.28. The molecule has 0 bridgehead atoms. The molecule has 1 fully saturated rings. The Hall–Kier alpha value is -2.92. The Balaban J connectivity index is 1.59. The molecule has 0 unspecified atom stereocenters. The van der Waals surface area contributed by atoms with Crippen LogP contribution in [-0.4, -0.2) is 34.1 Å². The van der Waals surface area contributed by atoms with E-state index in [0.29, 0.717) is 18.4 Å². The van der Waals surface area contributed by atoms with Crippen molar-refractivity contribution in [2.24, 2.45) is 11.8 Å². The Morgan fingerprint density at radius 3 is 2.41 bits per heavy atom. The van der Waals surface area contributed by atoms with Crippen molar-refractivity contribution in [2.45, 2.75) is 58.9 Å². The van der Waals surface area contributed by atoms with E-state index in [1.165, 1.54) is 22.4 Å². The van der Waals surface area contributed by atoms with Gasteiger partial charge in [-0.1, -0.05) is 73.5 Å². The van der Waals surface area contributed by atoms with Crippen LogP contribution in [0.1, 0.15) is 50.3 Å². The third-order valence-electron chi connectivity index (χ3n) is 6.87. The lowest BCUT2D eigenvalue weighted by molar-refractivity contribution is -0.142. The van der Waals surface area contributed by atoms with Crippen LogP contribution in [0.25, 0.3) is 22.4 Å². The molecule has 1 aliphatic carbocycles.